The SMILES string of the molecule is Cc1nc(NC(=O)OC(C)(C)C)sc1[C@H](O)CC(=O)O. The van der Waals surface area contributed by atoms with Gasteiger partial charge in [0.2, 0.25) is 0 Å². The quantitative estimate of drug-likeness (QED) is 0.787. The molecule has 0 aliphatic carbocycles. The molecule has 0 saturated carbocycles. The van der Waals surface area contributed by atoms with Gasteiger partial charge in [-0.05, 0) is 27.7 Å². The molecule has 1 heterocycles. The molecule has 0 spiro atoms. The van der Waals surface area contributed by atoms with Gasteiger partial charge in [-0.25, -0.2) is 9.78 Å². The topological polar surface area (TPSA) is 109 Å². The van der Waals surface area contributed by atoms with Crippen LogP contribution in [0.1, 0.15) is 43.9 Å². The van der Waals surface area contributed by atoms with Crippen LogP contribution in [0.25, 0.3) is 0 Å². The van der Waals surface area contributed by atoms with Crippen LogP contribution in [0.15, 0.2) is 0 Å². The maximum absolute atomic E-state index is 11.6. The summed E-state index contributed by atoms with van der Waals surface area (Å²) in [5.74, 6) is -1.10. The molecule has 3 N–H and O–H groups in total. The second kappa shape index (κ2) is 6.19. The zero-order valence-corrected chi connectivity index (χ0v) is 12.6. The first-order valence-electron chi connectivity index (χ1n) is 5.95. The number of aryl methyl sites for hydroxylation is 1. The Morgan fingerprint density at radius 3 is 2.55 bits per heavy atom. The minimum Gasteiger partial charge on any atom is -0.481 e. The average Bonchev–Trinajstić information content (AvgIpc) is 2.54. The smallest absolute Gasteiger partial charge is 0.413 e. The van der Waals surface area contributed by atoms with Gasteiger partial charge in [-0.15, -0.1) is 0 Å². The summed E-state index contributed by atoms with van der Waals surface area (Å²) in [6.07, 6.45) is -2.20. The van der Waals surface area contributed by atoms with Crippen LogP contribution in [0.2, 0.25) is 0 Å². The Morgan fingerprint density at radius 1 is 1.45 bits per heavy atom. The molecule has 1 aromatic heterocycles. The fourth-order valence-corrected chi connectivity index (χ4v) is 2.36. The molecule has 112 valence electrons. The Kier molecular flexibility index (Phi) is 5.07. The Morgan fingerprint density at radius 2 is 2.05 bits per heavy atom. The summed E-state index contributed by atoms with van der Waals surface area (Å²) in [5.41, 5.74) is -0.142. The fourth-order valence-electron chi connectivity index (χ4n) is 1.42. The van der Waals surface area contributed by atoms with E-state index < -0.39 is 30.2 Å². The van der Waals surface area contributed by atoms with Crippen molar-refractivity contribution in [3.05, 3.63) is 10.6 Å². The number of rotatable bonds is 4. The van der Waals surface area contributed by atoms with Crippen LogP contribution in [-0.4, -0.2) is 32.9 Å². The molecule has 0 radical (unpaired) electrons. The lowest BCUT2D eigenvalue weighted by molar-refractivity contribution is -0.139. The first kappa shape index (κ1) is 16.4. The molecule has 1 rings (SSSR count). The number of anilines is 1. The highest BCUT2D eigenvalue weighted by molar-refractivity contribution is 7.16. The van der Waals surface area contributed by atoms with E-state index in [-0.39, 0.29) is 5.13 Å². The number of amides is 1. The normalized spacial score (nSPS) is 12.8. The summed E-state index contributed by atoms with van der Waals surface area (Å²) in [6, 6.07) is 0. The third-order valence-electron chi connectivity index (χ3n) is 2.11. The highest BCUT2D eigenvalue weighted by atomic mass is 32.1. The van der Waals surface area contributed by atoms with E-state index in [9.17, 15) is 14.7 Å². The third kappa shape index (κ3) is 5.14. The second-order valence-corrected chi connectivity index (χ2v) is 6.24. The van der Waals surface area contributed by atoms with Crippen LogP contribution in [0.5, 0.6) is 0 Å². The zero-order chi connectivity index (χ0) is 15.5. The number of aliphatic carboxylic acids is 1. The van der Waals surface area contributed by atoms with Gasteiger partial charge in [-0.1, -0.05) is 11.3 Å². The molecule has 8 heteroatoms. The van der Waals surface area contributed by atoms with Crippen molar-refractivity contribution < 1.29 is 24.5 Å². The van der Waals surface area contributed by atoms with E-state index >= 15 is 0 Å². The van der Waals surface area contributed by atoms with Gasteiger partial charge in [-0.3, -0.25) is 10.1 Å². The van der Waals surface area contributed by atoms with Crippen molar-refractivity contribution in [3.63, 3.8) is 0 Å². The lowest BCUT2D eigenvalue weighted by Crippen LogP contribution is -2.27. The summed E-state index contributed by atoms with van der Waals surface area (Å²) < 4.78 is 5.08. The first-order chi connectivity index (χ1) is 9.08. The summed E-state index contributed by atoms with van der Waals surface area (Å²) in [4.78, 5) is 26.6. The Hall–Kier alpha value is -1.67. The van der Waals surface area contributed by atoms with Gasteiger partial charge < -0.3 is 14.9 Å². The molecule has 0 aromatic carbocycles. The van der Waals surface area contributed by atoms with E-state index in [0.29, 0.717) is 10.6 Å². The minimum absolute atomic E-state index is 0.260. The molecule has 7 nitrogen and oxygen atoms in total. The number of nitrogens with one attached hydrogen (secondary N) is 1. The van der Waals surface area contributed by atoms with Crippen molar-refractivity contribution in [1.82, 2.24) is 4.98 Å². The summed E-state index contributed by atoms with van der Waals surface area (Å²) >= 11 is 1.03. The summed E-state index contributed by atoms with van der Waals surface area (Å²) in [7, 11) is 0. The fraction of sp³-hybridized carbons (Fsp3) is 0.583. The van der Waals surface area contributed by atoms with Crippen molar-refractivity contribution in [2.24, 2.45) is 0 Å². The average molecular weight is 302 g/mol. The van der Waals surface area contributed by atoms with Gasteiger partial charge in [0.05, 0.1) is 17.0 Å². The molecule has 0 unspecified atom stereocenters. The van der Waals surface area contributed by atoms with E-state index in [1.54, 1.807) is 27.7 Å². The number of hydrogen-bond acceptors (Lipinski definition) is 6. The monoisotopic (exact) mass is 302 g/mol. The molecular weight excluding hydrogens is 284 g/mol. The Balaban J connectivity index is 2.75. The molecule has 0 fully saturated rings. The van der Waals surface area contributed by atoms with Crippen molar-refractivity contribution in [2.45, 2.75) is 45.8 Å². The molecule has 20 heavy (non-hydrogen) atoms. The number of hydrogen-bond donors (Lipinski definition) is 3. The number of thiazole rings is 1. The predicted molar refractivity (Wildman–Crippen MR) is 73.9 cm³/mol. The van der Waals surface area contributed by atoms with E-state index in [4.69, 9.17) is 9.84 Å². The number of carbonyl (C=O) groups excluding carboxylic acids is 1. The number of carbonyl (C=O) groups is 2. The van der Waals surface area contributed by atoms with Gasteiger partial charge in [0.15, 0.2) is 5.13 Å². The minimum atomic E-state index is -1.14. The van der Waals surface area contributed by atoms with Crippen LogP contribution >= 0.6 is 11.3 Å². The standard InChI is InChI=1S/C12H18N2O5S/c1-6-9(7(15)5-8(16)17)20-10(13-6)14-11(18)19-12(2,3)4/h7,15H,5H2,1-4H3,(H,16,17)(H,13,14,18)/t7-/m1/s1. The van der Waals surface area contributed by atoms with Crippen molar-refractivity contribution in [2.75, 3.05) is 5.32 Å². The lowest BCUT2D eigenvalue weighted by atomic mass is 10.2. The van der Waals surface area contributed by atoms with Crippen LogP contribution in [0.4, 0.5) is 9.93 Å². The van der Waals surface area contributed by atoms with Gasteiger partial charge in [0.25, 0.3) is 0 Å². The molecule has 0 aliphatic rings. The molecular formula is C12H18N2O5S. The highest BCUT2D eigenvalue weighted by Gasteiger charge is 2.21. The van der Waals surface area contributed by atoms with E-state index in [1.165, 1.54) is 0 Å². The second-order valence-electron chi connectivity index (χ2n) is 5.21. The lowest BCUT2D eigenvalue weighted by Gasteiger charge is -2.18. The number of aromatic nitrogens is 1. The molecule has 0 saturated heterocycles. The van der Waals surface area contributed by atoms with Gasteiger partial charge in [-0.2, -0.15) is 0 Å². The Labute approximate surface area is 120 Å². The molecule has 1 amide bonds. The van der Waals surface area contributed by atoms with Gasteiger partial charge in [0, 0.05) is 0 Å². The number of ether oxygens (including phenoxy) is 1. The van der Waals surface area contributed by atoms with Crippen molar-refractivity contribution >= 4 is 28.5 Å². The number of aliphatic hydroxyl groups is 1. The highest BCUT2D eigenvalue weighted by Crippen LogP contribution is 2.30. The predicted octanol–water partition coefficient (Wildman–Crippen LogP) is 2.31. The summed E-state index contributed by atoms with van der Waals surface area (Å²) in [5, 5.41) is 21.1. The van der Waals surface area contributed by atoms with Crippen molar-refractivity contribution in [1.29, 1.82) is 0 Å². The largest absolute Gasteiger partial charge is 0.481 e. The number of carboxylic acids is 1. The van der Waals surface area contributed by atoms with E-state index in [1.807, 2.05) is 0 Å². The van der Waals surface area contributed by atoms with Gasteiger partial charge in [0.1, 0.15) is 11.7 Å². The van der Waals surface area contributed by atoms with E-state index in [0.717, 1.165) is 11.3 Å². The maximum atomic E-state index is 11.6. The maximum Gasteiger partial charge on any atom is 0.413 e. The van der Waals surface area contributed by atoms with Crippen LogP contribution in [-0.2, 0) is 9.53 Å². The molecule has 0 aliphatic heterocycles. The number of carboxylic acid groups (broad SMARTS) is 1. The van der Waals surface area contributed by atoms with Crippen LogP contribution in [0.3, 0.4) is 0 Å². The zero-order valence-electron chi connectivity index (χ0n) is 11.8. The van der Waals surface area contributed by atoms with E-state index in [2.05, 4.69) is 10.3 Å². The van der Waals surface area contributed by atoms with Gasteiger partial charge >= 0.3 is 12.1 Å². The number of aliphatic hydroxyl groups excluding tert-OH is 1. The Bertz CT molecular complexity index is 506. The first-order valence-corrected chi connectivity index (χ1v) is 6.77. The van der Waals surface area contributed by atoms with Crippen LogP contribution in [0, 0.1) is 6.92 Å². The molecule has 0 bridgehead atoms. The van der Waals surface area contributed by atoms with Crippen molar-refractivity contribution in [3.8, 4) is 0 Å². The molecule has 1 atom stereocenters. The van der Waals surface area contributed by atoms with Crippen LogP contribution < -0.4 is 5.32 Å². The summed E-state index contributed by atoms with van der Waals surface area (Å²) in [6.45, 7) is 6.85. The molecule has 1 aromatic rings. The third-order valence-corrected chi connectivity index (χ3v) is 3.29. The number of nitrogens with zero attached hydrogens (tertiary/aromatic N) is 1.